The van der Waals surface area contributed by atoms with E-state index in [2.05, 4.69) is 15.4 Å². The Morgan fingerprint density at radius 1 is 1.09 bits per heavy atom. The molecule has 0 radical (unpaired) electrons. The van der Waals surface area contributed by atoms with Gasteiger partial charge in [0.15, 0.2) is 0 Å². The summed E-state index contributed by atoms with van der Waals surface area (Å²) in [4.78, 5) is 13.0. The molecule has 4 rings (SSSR count). The number of tetrazole rings is 1. The molecule has 9 heteroatoms. The number of benzene rings is 2. The Hall–Kier alpha value is -3.72. The molecule has 1 fully saturated rings. The molecule has 2 aromatic carbocycles. The van der Waals surface area contributed by atoms with Gasteiger partial charge in [0.1, 0.15) is 17.7 Å². The van der Waals surface area contributed by atoms with Crippen molar-refractivity contribution in [1.29, 1.82) is 0 Å². The lowest BCUT2D eigenvalue weighted by Crippen LogP contribution is -2.31. The molecule has 0 bridgehead atoms. The van der Waals surface area contributed by atoms with Gasteiger partial charge in [0.2, 0.25) is 5.82 Å². The summed E-state index contributed by atoms with van der Waals surface area (Å²) in [7, 11) is 1.62. The number of aliphatic hydroxyl groups is 1. The SMILES string of the molecule is Cn1nnc(C(C=C[C@@H]2C[C@@H](O)CC(=O)O2)=C(c2ccc(F)cc2)c2ccc(F)cc2)n1. The second-order valence-corrected chi connectivity index (χ2v) is 7.39. The summed E-state index contributed by atoms with van der Waals surface area (Å²) < 4.78 is 32.5. The summed E-state index contributed by atoms with van der Waals surface area (Å²) in [6.45, 7) is 0. The summed E-state index contributed by atoms with van der Waals surface area (Å²) in [5, 5.41) is 22.2. The lowest BCUT2D eigenvalue weighted by molar-refractivity contribution is -0.156. The van der Waals surface area contributed by atoms with Crippen molar-refractivity contribution in [1.82, 2.24) is 20.2 Å². The van der Waals surface area contributed by atoms with E-state index in [1.54, 1.807) is 43.5 Å². The number of carbonyl (C=O) groups is 1. The number of rotatable bonds is 5. The quantitative estimate of drug-likeness (QED) is 0.487. The van der Waals surface area contributed by atoms with Crippen LogP contribution in [-0.4, -0.2) is 43.5 Å². The van der Waals surface area contributed by atoms with Crippen LogP contribution in [0.15, 0.2) is 60.7 Å². The van der Waals surface area contributed by atoms with Crippen LogP contribution in [0.5, 0.6) is 0 Å². The largest absolute Gasteiger partial charge is 0.458 e. The van der Waals surface area contributed by atoms with Crippen molar-refractivity contribution in [2.24, 2.45) is 7.05 Å². The van der Waals surface area contributed by atoms with Gasteiger partial charge in [-0.3, -0.25) is 4.79 Å². The van der Waals surface area contributed by atoms with Gasteiger partial charge in [0, 0.05) is 17.6 Å². The number of carbonyl (C=O) groups excluding carboxylic acids is 1. The fraction of sp³-hybridized carbons (Fsp3) is 0.217. The Morgan fingerprint density at radius 2 is 1.69 bits per heavy atom. The zero-order valence-electron chi connectivity index (χ0n) is 17.2. The van der Waals surface area contributed by atoms with E-state index in [0.717, 1.165) is 0 Å². The van der Waals surface area contributed by atoms with Crippen molar-refractivity contribution < 1.29 is 23.4 Å². The van der Waals surface area contributed by atoms with Crippen molar-refractivity contribution >= 4 is 17.1 Å². The van der Waals surface area contributed by atoms with Gasteiger partial charge in [0.25, 0.3) is 0 Å². The average Bonchev–Trinajstić information content (AvgIpc) is 3.18. The molecule has 164 valence electrons. The Morgan fingerprint density at radius 3 is 2.19 bits per heavy atom. The summed E-state index contributed by atoms with van der Waals surface area (Å²) >= 11 is 0. The standard InChI is InChI=1S/C23H20F2N4O3/c1-29-27-23(26-28-29)20(11-10-19-12-18(30)13-21(31)32-19)22(14-2-6-16(24)7-3-14)15-4-8-17(25)9-5-15/h2-11,18-19,30H,12-13H2,1H3/t18-,19-/m1/s1. The van der Waals surface area contributed by atoms with Gasteiger partial charge in [-0.05, 0) is 46.7 Å². The van der Waals surface area contributed by atoms with E-state index >= 15 is 0 Å². The third-order valence-corrected chi connectivity index (χ3v) is 4.95. The molecule has 0 saturated carbocycles. The van der Waals surface area contributed by atoms with Crippen molar-refractivity contribution in [2.75, 3.05) is 0 Å². The first-order valence-corrected chi connectivity index (χ1v) is 9.95. The third kappa shape index (κ3) is 4.94. The topological polar surface area (TPSA) is 90.1 Å². The highest BCUT2D eigenvalue weighted by Crippen LogP contribution is 2.32. The number of aromatic nitrogens is 4. The highest BCUT2D eigenvalue weighted by atomic mass is 19.1. The summed E-state index contributed by atoms with van der Waals surface area (Å²) in [6, 6.07) is 11.7. The predicted molar refractivity (Wildman–Crippen MR) is 112 cm³/mol. The first kappa shape index (κ1) is 21.5. The number of hydrogen-bond donors (Lipinski definition) is 1. The number of hydrogen-bond acceptors (Lipinski definition) is 6. The molecule has 3 aromatic rings. The van der Waals surface area contributed by atoms with Crippen LogP contribution in [0.3, 0.4) is 0 Å². The van der Waals surface area contributed by atoms with Crippen LogP contribution in [0.1, 0.15) is 29.8 Å². The first-order chi connectivity index (χ1) is 15.4. The number of esters is 1. The normalized spacial score (nSPS) is 18.6. The molecule has 1 saturated heterocycles. The molecule has 0 unspecified atom stereocenters. The predicted octanol–water partition coefficient (Wildman–Crippen LogP) is 3.07. The Labute approximate surface area is 182 Å². The maximum atomic E-state index is 13.6. The van der Waals surface area contributed by atoms with Gasteiger partial charge in [-0.15, -0.1) is 10.2 Å². The van der Waals surface area contributed by atoms with Gasteiger partial charge in [0.05, 0.1) is 19.6 Å². The van der Waals surface area contributed by atoms with Crippen LogP contribution in [-0.2, 0) is 16.6 Å². The van der Waals surface area contributed by atoms with Crippen molar-refractivity contribution in [3.63, 3.8) is 0 Å². The Kier molecular flexibility index (Phi) is 6.18. The molecule has 1 N–H and O–H groups in total. The van der Waals surface area contributed by atoms with Crippen molar-refractivity contribution in [3.05, 3.63) is 89.3 Å². The number of aliphatic hydroxyl groups excluding tert-OH is 1. The lowest BCUT2D eigenvalue weighted by atomic mass is 9.91. The molecule has 0 aliphatic carbocycles. The third-order valence-electron chi connectivity index (χ3n) is 4.95. The number of nitrogens with zero attached hydrogens (tertiary/aromatic N) is 4. The first-order valence-electron chi connectivity index (χ1n) is 9.95. The highest BCUT2D eigenvalue weighted by Gasteiger charge is 2.26. The molecular formula is C23H20F2N4O3. The van der Waals surface area contributed by atoms with Crippen molar-refractivity contribution in [2.45, 2.75) is 25.0 Å². The van der Waals surface area contributed by atoms with Gasteiger partial charge in [-0.25, -0.2) is 8.78 Å². The maximum Gasteiger partial charge on any atom is 0.309 e. The number of ether oxygens (including phenoxy) is 1. The van der Waals surface area contributed by atoms with E-state index < -0.39 is 29.8 Å². The molecule has 0 amide bonds. The van der Waals surface area contributed by atoms with Gasteiger partial charge < -0.3 is 9.84 Å². The van der Waals surface area contributed by atoms with E-state index in [4.69, 9.17) is 4.74 Å². The second kappa shape index (κ2) is 9.19. The molecule has 7 nitrogen and oxygen atoms in total. The zero-order valence-corrected chi connectivity index (χ0v) is 17.2. The highest BCUT2D eigenvalue weighted by molar-refractivity contribution is 6.00. The van der Waals surface area contributed by atoms with Gasteiger partial charge >= 0.3 is 5.97 Å². The fourth-order valence-corrected chi connectivity index (χ4v) is 3.50. The smallest absolute Gasteiger partial charge is 0.309 e. The molecule has 2 atom stereocenters. The minimum atomic E-state index is -0.790. The Bertz CT molecular complexity index is 1120. The molecule has 0 spiro atoms. The molecule has 1 aromatic heterocycles. The fourth-order valence-electron chi connectivity index (χ4n) is 3.50. The monoisotopic (exact) mass is 438 g/mol. The average molecular weight is 438 g/mol. The Balaban J connectivity index is 1.89. The molecule has 32 heavy (non-hydrogen) atoms. The van der Waals surface area contributed by atoms with Crippen molar-refractivity contribution in [3.8, 4) is 0 Å². The van der Waals surface area contributed by atoms with Crippen LogP contribution >= 0.6 is 0 Å². The minimum Gasteiger partial charge on any atom is -0.458 e. The summed E-state index contributed by atoms with van der Waals surface area (Å²) in [5.41, 5.74) is 2.40. The number of halogens is 2. The van der Waals surface area contributed by atoms with E-state index in [9.17, 15) is 18.7 Å². The van der Waals surface area contributed by atoms with Crippen LogP contribution in [0.2, 0.25) is 0 Å². The van der Waals surface area contributed by atoms with E-state index in [1.807, 2.05) is 0 Å². The molecule has 1 aliphatic heterocycles. The minimum absolute atomic E-state index is 0.0465. The van der Waals surface area contributed by atoms with Gasteiger partial charge in [-0.1, -0.05) is 30.3 Å². The van der Waals surface area contributed by atoms with E-state index in [-0.39, 0.29) is 18.7 Å². The van der Waals surface area contributed by atoms with E-state index in [0.29, 0.717) is 22.3 Å². The number of aryl methyl sites for hydroxylation is 1. The maximum absolute atomic E-state index is 13.6. The van der Waals surface area contributed by atoms with Gasteiger partial charge in [-0.2, -0.15) is 4.80 Å². The molecule has 1 aliphatic rings. The number of cyclic esters (lactones) is 1. The van der Waals surface area contributed by atoms with E-state index in [1.165, 1.54) is 29.1 Å². The molecular weight excluding hydrogens is 418 g/mol. The number of allylic oxidation sites excluding steroid dienone is 2. The van der Waals surface area contributed by atoms with Crippen LogP contribution in [0, 0.1) is 11.6 Å². The lowest BCUT2D eigenvalue weighted by Gasteiger charge is -2.23. The summed E-state index contributed by atoms with van der Waals surface area (Å²) in [5.74, 6) is -1.01. The van der Waals surface area contributed by atoms with Crippen LogP contribution in [0.25, 0.3) is 11.1 Å². The second-order valence-electron chi connectivity index (χ2n) is 7.39. The van der Waals surface area contributed by atoms with Crippen LogP contribution < -0.4 is 0 Å². The molecule has 2 heterocycles. The zero-order chi connectivity index (χ0) is 22.7. The summed E-state index contributed by atoms with van der Waals surface area (Å²) in [6.07, 6.45) is 2.09. The van der Waals surface area contributed by atoms with Crippen LogP contribution in [0.4, 0.5) is 8.78 Å².